The summed E-state index contributed by atoms with van der Waals surface area (Å²) in [4.78, 5) is 17.2. The van der Waals surface area contributed by atoms with Gasteiger partial charge in [0.1, 0.15) is 0 Å². The van der Waals surface area contributed by atoms with Crippen LogP contribution in [0.3, 0.4) is 0 Å². The number of carbonyl (C=O) groups excluding carboxylic acids is 1. The Balaban J connectivity index is 1.47. The SMILES string of the molecule is CCS[C@@H]1CC[C@H](N(C)C[C@@H]2CCN(C(=O)c3ccccc3)C2)C1. The van der Waals surface area contributed by atoms with Crippen LogP contribution in [0.1, 0.15) is 43.0 Å². The highest BCUT2D eigenvalue weighted by atomic mass is 32.2. The predicted octanol–water partition coefficient (Wildman–Crippen LogP) is 3.75. The van der Waals surface area contributed by atoms with E-state index < -0.39 is 0 Å². The summed E-state index contributed by atoms with van der Waals surface area (Å²) in [6.45, 7) is 5.22. The molecule has 2 aliphatic rings. The lowest BCUT2D eigenvalue weighted by Crippen LogP contribution is -2.36. The van der Waals surface area contributed by atoms with E-state index >= 15 is 0 Å². The molecule has 0 radical (unpaired) electrons. The highest BCUT2D eigenvalue weighted by molar-refractivity contribution is 7.99. The molecule has 1 saturated heterocycles. The van der Waals surface area contributed by atoms with Crippen molar-refractivity contribution < 1.29 is 4.79 Å². The second-order valence-corrected chi connectivity index (χ2v) is 8.83. The van der Waals surface area contributed by atoms with Gasteiger partial charge in [-0.25, -0.2) is 0 Å². The van der Waals surface area contributed by atoms with Crippen LogP contribution < -0.4 is 0 Å². The van der Waals surface area contributed by atoms with E-state index in [1.165, 1.54) is 25.0 Å². The van der Waals surface area contributed by atoms with Crippen molar-refractivity contribution in [3.63, 3.8) is 0 Å². The molecule has 1 saturated carbocycles. The van der Waals surface area contributed by atoms with Crippen molar-refractivity contribution in [2.75, 3.05) is 32.4 Å². The molecule has 0 aromatic heterocycles. The van der Waals surface area contributed by atoms with Gasteiger partial charge >= 0.3 is 0 Å². The molecule has 1 amide bonds. The van der Waals surface area contributed by atoms with Gasteiger partial charge in [0, 0.05) is 36.5 Å². The second-order valence-electron chi connectivity index (χ2n) is 7.26. The van der Waals surface area contributed by atoms with Crippen molar-refractivity contribution in [1.29, 1.82) is 0 Å². The highest BCUT2D eigenvalue weighted by Crippen LogP contribution is 2.33. The van der Waals surface area contributed by atoms with Crippen LogP contribution in [0.25, 0.3) is 0 Å². The molecule has 0 spiro atoms. The first kappa shape index (κ1) is 17.8. The van der Waals surface area contributed by atoms with Crippen LogP contribution in [0.15, 0.2) is 30.3 Å². The molecular weight excluding hydrogens is 316 g/mol. The third-order valence-corrected chi connectivity index (χ3v) is 6.76. The topological polar surface area (TPSA) is 23.6 Å². The summed E-state index contributed by atoms with van der Waals surface area (Å²) in [7, 11) is 2.28. The Bertz CT molecular complexity index is 536. The number of nitrogens with zero attached hydrogens (tertiary/aromatic N) is 2. The first-order chi connectivity index (χ1) is 11.7. The quantitative estimate of drug-likeness (QED) is 0.784. The summed E-state index contributed by atoms with van der Waals surface area (Å²) in [5, 5.41) is 0.863. The monoisotopic (exact) mass is 346 g/mol. The Hall–Kier alpha value is -1.00. The van der Waals surface area contributed by atoms with Crippen molar-refractivity contribution in [2.45, 2.75) is 43.9 Å². The maximum absolute atomic E-state index is 12.6. The molecule has 0 bridgehead atoms. The van der Waals surface area contributed by atoms with Crippen LogP contribution in [-0.4, -0.2) is 59.4 Å². The fraction of sp³-hybridized carbons (Fsp3) is 0.650. The number of thioether (sulfide) groups is 1. The molecule has 3 atom stereocenters. The Morgan fingerprint density at radius 1 is 1.25 bits per heavy atom. The maximum Gasteiger partial charge on any atom is 0.253 e. The van der Waals surface area contributed by atoms with E-state index in [-0.39, 0.29) is 5.91 Å². The molecule has 3 nitrogen and oxygen atoms in total. The summed E-state index contributed by atoms with van der Waals surface area (Å²) >= 11 is 2.13. The lowest BCUT2D eigenvalue weighted by Gasteiger charge is -2.27. The van der Waals surface area contributed by atoms with Gasteiger partial charge in [-0.2, -0.15) is 11.8 Å². The lowest BCUT2D eigenvalue weighted by molar-refractivity contribution is 0.0783. The molecule has 1 aliphatic carbocycles. The van der Waals surface area contributed by atoms with Gasteiger partial charge in [0.15, 0.2) is 0 Å². The predicted molar refractivity (Wildman–Crippen MR) is 103 cm³/mol. The Labute approximate surface area is 150 Å². The number of hydrogen-bond acceptors (Lipinski definition) is 3. The van der Waals surface area contributed by atoms with E-state index in [1.807, 2.05) is 35.2 Å². The highest BCUT2D eigenvalue weighted by Gasteiger charge is 2.31. The zero-order valence-corrected chi connectivity index (χ0v) is 15.8. The number of benzene rings is 1. The molecule has 2 fully saturated rings. The lowest BCUT2D eigenvalue weighted by atomic mass is 10.1. The third kappa shape index (κ3) is 4.34. The second kappa shape index (κ2) is 8.39. The number of hydrogen-bond donors (Lipinski definition) is 0. The Morgan fingerprint density at radius 3 is 2.79 bits per heavy atom. The number of carbonyl (C=O) groups is 1. The molecule has 1 aromatic rings. The molecule has 24 heavy (non-hydrogen) atoms. The summed E-state index contributed by atoms with van der Waals surface area (Å²) < 4.78 is 0. The van der Waals surface area contributed by atoms with Gasteiger partial charge < -0.3 is 9.80 Å². The van der Waals surface area contributed by atoms with Gasteiger partial charge in [0.2, 0.25) is 0 Å². The minimum Gasteiger partial charge on any atom is -0.338 e. The smallest absolute Gasteiger partial charge is 0.253 e. The normalized spacial score (nSPS) is 27.1. The summed E-state index contributed by atoms with van der Waals surface area (Å²) in [5.74, 6) is 2.06. The molecule has 1 heterocycles. The third-order valence-electron chi connectivity index (χ3n) is 5.52. The Morgan fingerprint density at radius 2 is 2.04 bits per heavy atom. The number of likely N-dealkylation sites (tertiary alicyclic amines) is 1. The summed E-state index contributed by atoms with van der Waals surface area (Å²) in [5.41, 5.74) is 0.821. The molecular formula is C20H30N2OS. The fourth-order valence-electron chi connectivity index (χ4n) is 4.19. The van der Waals surface area contributed by atoms with Crippen molar-refractivity contribution in [3.05, 3.63) is 35.9 Å². The van der Waals surface area contributed by atoms with E-state index in [4.69, 9.17) is 0 Å². The van der Waals surface area contributed by atoms with E-state index in [0.29, 0.717) is 5.92 Å². The molecule has 0 N–H and O–H groups in total. The van der Waals surface area contributed by atoms with Gasteiger partial charge in [-0.15, -0.1) is 0 Å². The van der Waals surface area contributed by atoms with Crippen molar-refractivity contribution in [1.82, 2.24) is 9.80 Å². The van der Waals surface area contributed by atoms with E-state index in [0.717, 1.165) is 42.9 Å². The maximum atomic E-state index is 12.6. The average molecular weight is 347 g/mol. The van der Waals surface area contributed by atoms with Gasteiger partial charge in [-0.3, -0.25) is 4.79 Å². The number of rotatable bonds is 6. The standard InChI is InChI=1S/C20H30N2OS/c1-3-24-19-10-9-18(13-19)21(2)14-16-11-12-22(15-16)20(23)17-7-5-4-6-8-17/h4-8,16,18-19H,3,9-15H2,1-2H3/t16-,18-,19+/m0/s1. The zero-order chi connectivity index (χ0) is 16.9. The van der Waals surface area contributed by atoms with E-state index in [2.05, 4.69) is 30.6 Å². The van der Waals surface area contributed by atoms with Gasteiger partial charge in [0.25, 0.3) is 5.91 Å². The number of amides is 1. The van der Waals surface area contributed by atoms with Crippen LogP contribution in [0.4, 0.5) is 0 Å². The van der Waals surface area contributed by atoms with Crippen LogP contribution in [0, 0.1) is 5.92 Å². The minimum absolute atomic E-state index is 0.195. The van der Waals surface area contributed by atoms with Crippen LogP contribution in [0.2, 0.25) is 0 Å². The first-order valence-corrected chi connectivity index (χ1v) is 10.4. The Kier molecular flexibility index (Phi) is 6.23. The van der Waals surface area contributed by atoms with Crippen LogP contribution in [-0.2, 0) is 0 Å². The van der Waals surface area contributed by atoms with Gasteiger partial charge in [-0.05, 0) is 56.5 Å². The van der Waals surface area contributed by atoms with Gasteiger partial charge in [-0.1, -0.05) is 25.1 Å². The minimum atomic E-state index is 0.195. The van der Waals surface area contributed by atoms with Crippen LogP contribution in [0.5, 0.6) is 0 Å². The molecule has 3 rings (SSSR count). The van der Waals surface area contributed by atoms with E-state index in [9.17, 15) is 4.79 Å². The summed E-state index contributed by atoms with van der Waals surface area (Å²) in [6, 6.07) is 10.4. The van der Waals surface area contributed by atoms with E-state index in [1.54, 1.807) is 0 Å². The van der Waals surface area contributed by atoms with Crippen molar-refractivity contribution in [2.24, 2.45) is 5.92 Å². The van der Waals surface area contributed by atoms with Gasteiger partial charge in [0.05, 0.1) is 0 Å². The van der Waals surface area contributed by atoms with Crippen molar-refractivity contribution >= 4 is 17.7 Å². The zero-order valence-electron chi connectivity index (χ0n) is 15.0. The van der Waals surface area contributed by atoms with Crippen LogP contribution >= 0.6 is 11.8 Å². The first-order valence-electron chi connectivity index (χ1n) is 9.33. The molecule has 0 unspecified atom stereocenters. The fourth-order valence-corrected chi connectivity index (χ4v) is 5.32. The summed E-state index contributed by atoms with van der Waals surface area (Å²) in [6.07, 6.45) is 5.20. The molecule has 4 heteroatoms. The molecule has 132 valence electrons. The molecule has 1 aromatic carbocycles. The molecule has 1 aliphatic heterocycles. The average Bonchev–Trinajstić information content (AvgIpc) is 3.25. The van der Waals surface area contributed by atoms with Crippen molar-refractivity contribution in [3.8, 4) is 0 Å². The largest absolute Gasteiger partial charge is 0.338 e.